The molecule has 1 aliphatic carbocycles. The highest BCUT2D eigenvalue weighted by Crippen LogP contribution is 2.40. The summed E-state index contributed by atoms with van der Waals surface area (Å²) in [5.74, 6) is -5.42. The Morgan fingerprint density at radius 2 is 1.24 bits per heavy atom. The third-order valence-corrected chi connectivity index (χ3v) is 9.06. The van der Waals surface area contributed by atoms with E-state index in [4.69, 9.17) is 4.74 Å². The lowest BCUT2D eigenvalue weighted by Crippen LogP contribution is -2.48. The standard InChI is InChI=1S/C38H31F10NO6/c39-32-16-13-25(17-31(32)36(40,41)42)33(50)49-35(26-3-1-5-29(18-26)54-37(43,44)45,27-4-2-6-30(19-27)55-38(46,47)48)20-22-9-14-28(15-10-22)53-21-23-7-11-24(12-8-23)34(51)52/h1-6,9-10,13-19,23-24H,7-8,11-12,20-21H2,(H,49,50)(H,51,52). The number of carbonyl (C=O) groups is 2. The molecule has 1 saturated carbocycles. The first kappa shape index (κ1) is 40.7. The van der Waals surface area contributed by atoms with Gasteiger partial charge in [0, 0.05) is 12.0 Å². The highest BCUT2D eigenvalue weighted by Gasteiger charge is 2.41. The van der Waals surface area contributed by atoms with Crippen molar-refractivity contribution < 1.29 is 72.8 Å². The molecule has 1 fully saturated rings. The highest BCUT2D eigenvalue weighted by atomic mass is 19.4. The minimum atomic E-state index is -5.23. The van der Waals surface area contributed by atoms with Crippen LogP contribution >= 0.6 is 0 Å². The molecule has 0 saturated heterocycles. The van der Waals surface area contributed by atoms with Gasteiger partial charge in [-0.25, -0.2) is 4.39 Å². The summed E-state index contributed by atoms with van der Waals surface area (Å²) in [6.07, 6.45) is -13.8. The first-order valence-corrected chi connectivity index (χ1v) is 16.6. The number of nitrogens with one attached hydrogen (secondary N) is 1. The lowest BCUT2D eigenvalue weighted by molar-refractivity contribution is -0.275. The van der Waals surface area contributed by atoms with Crippen LogP contribution < -0.4 is 19.5 Å². The van der Waals surface area contributed by atoms with Crippen molar-refractivity contribution in [3.63, 3.8) is 0 Å². The monoisotopic (exact) mass is 787 g/mol. The quantitative estimate of drug-likeness (QED) is 0.139. The number of carbonyl (C=O) groups excluding carboxylic acids is 1. The minimum absolute atomic E-state index is 0.0832. The average Bonchev–Trinajstić information content (AvgIpc) is 3.09. The maximum absolute atomic E-state index is 14.2. The van der Waals surface area contributed by atoms with Crippen molar-refractivity contribution in [3.8, 4) is 17.2 Å². The van der Waals surface area contributed by atoms with Gasteiger partial charge >= 0.3 is 24.9 Å². The van der Waals surface area contributed by atoms with Crippen molar-refractivity contribution >= 4 is 11.9 Å². The molecule has 0 heterocycles. The predicted molar refractivity (Wildman–Crippen MR) is 175 cm³/mol. The van der Waals surface area contributed by atoms with Crippen LogP contribution in [0.25, 0.3) is 0 Å². The van der Waals surface area contributed by atoms with Crippen LogP contribution in [0, 0.1) is 17.7 Å². The normalized spacial score (nSPS) is 16.6. The number of carboxylic acids is 1. The summed E-state index contributed by atoms with van der Waals surface area (Å²) in [6, 6.07) is 15.6. The molecular weight excluding hydrogens is 756 g/mol. The zero-order valence-electron chi connectivity index (χ0n) is 28.3. The molecule has 5 rings (SSSR count). The second kappa shape index (κ2) is 16.1. The molecule has 0 atom stereocenters. The highest BCUT2D eigenvalue weighted by molar-refractivity contribution is 5.95. The van der Waals surface area contributed by atoms with Crippen molar-refractivity contribution in [1.29, 1.82) is 0 Å². The van der Waals surface area contributed by atoms with Gasteiger partial charge in [-0.2, -0.15) is 13.2 Å². The van der Waals surface area contributed by atoms with Gasteiger partial charge in [0.15, 0.2) is 0 Å². The van der Waals surface area contributed by atoms with Crippen LogP contribution in [0.2, 0.25) is 0 Å². The number of alkyl halides is 9. The predicted octanol–water partition coefficient (Wildman–Crippen LogP) is 9.83. The number of amides is 1. The Hall–Kier alpha value is -5.48. The molecule has 0 aliphatic heterocycles. The molecule has 294 valence electrons. The maximum atomic E-state index is 14.2. The largest absolute Gasteiger partial charge is 0.573 e. The molecule has 0 bridgehead atoms. The fourth-order valence-electron chi connectivity index (χ4n) is 6.43. The van der Waals surface area contributed by atoms with Crippen LogP contribution in [0.3, 0.4) is 0 Å². The van der Waals surface area contributed by atoms with Crippen molar-refractivity contribution in [2.24, 2.45) is 11.8 Å². The van der Waals surface area contributed by atoms with Gasteiger partial charge in [-0.1, -0.05) is 36.4 Å². The Morgan fingerprint density at radius 3 is 1.73 bits per heavy atom. The Bertz CT molecular complexity index is 1910. The Morgan fingerprint density at radius 1 is 0.691 bits per heavy atom. The third kappa shape index (κ3) is 10.8. The number of carboxylic acid groups (broad SMARTS) is 1. The molecule has 7 nitrogen and oxygen atoms in total. The van der Waals surface area contributed by atoms with E-state index in [1.54, 1.807) is 0 Å². The molecule has 55 heavy (non-hydrogen) atoms. The first-order chi connectivity index (χ1) is 25.7. The van der Waals surface area contributed by atoms with Gasteiger partial charge in [0.25, 0.3) is 5.91 Å². The number of rotatable bonds is 12. The molecule has 0 aromatic heterocycles. The first-order valence-electron chi connectivity index (χ1n) is 16.6. The number of aliphatic carboxylic acids is 1. The topological polar surface area (TPSA) is 94.1 Å². The summed E-state index contributed by atoms with van der Waals surface area (Å²) < 4.78 is 149. The number of halogens is 10. The second-order valence-corrected chi connectivity index (χ2v) is 12.9. The molecule has 4 aromatic carbocycles. The van der Waals surface area contributed by atoms with Crippen LogP contribution in [0.15, 0.2) is 91.0 Å². The van der Waals surface area contributed by atoms with Gasteiger partial charge in [-0.05, 0) is 103 Å². The van der Waals surface area contributed by atoms with Crippen molar-refractivity contribution in [1.82, 2.24) is 5.32 Å². The lowest BCUT2D eigenvalue weighted by atomic mass is 9.77. The van der Waals surface area contributed by atoms with Crippen LogP contribution in [0.4, 0.5) is 43.9 Å². The van der Waals surface area contributed by atoms with Crippen molar-refractivity contribution in [2.45, 2.75) is 56.5 Å². The molecule has 1 amide bonds. The summed E-state index contributed by atoms with van der Waals surface area (Å²) in [5, 5.41) is 11.8. The van der Waals surface area contributed by atoms with E-state index in [2.05, 4.69) is 14.8 Å². The summed E-state index contributed by atoms with van der Waals surface area (Å²) >= 11 is 0. The zero-order valence-corrected chi connectivity index (χ0v) is 28.3. The van der Waals surface area contributed by atoms with E-state index in [0.717, 1.165) is 42.5 Å². The SMILES string of the molecule is O=C(NC(Cc1ccc(OCC2CCC(C(=O)O)CC2)cc1)(c1cccc(OC(F)(F)F)c1)c1cccc(OC(F)(F)F)c1)c1ccc(F)c(C(F)(F)F)c1. The Balaban J connectivity index is 1.58. The van der Waals surface area contributed by atoms with E-state index in [-0.39, 0.29) is 29.7 Å². The van der Waals surface area contributed by atoms with E-state index in [0.29, 0.717) is 43.1 Å². The summed E-state index contributed by atoms with van der Waals surface area (Å²) in [6.45, 7) is 0.265. The van der Waals surface area contributed by atoms with Crippen LogP contribution in [0.1, 0.15) is 58.3 Å². The minimum Gasteiger partial charge on any atom is -0.493 e. The number of hydrogen-bond acceptors (Lipinski definition) is 5. The Labute approximate surface area is 306 Å². The van der Waals surface area contributed by atoms with Crippen molar-refractivity contribution in [2.75, 3.05) is 6.61 Å². The van der Waals surface area contributed by atoms with Gasteiger partial charge in [-0.15, -0.1) is 26.3 Å². The van der Waals surface area contributed by atoms with E-state index >= 15 is 0 Å². The van der Waals surface area contributed by atoms with Gasteiger partial charge in [0.05, 0.1) is 23.6 Å². The van der Waals surface area contributed by atoms with Gasteiger partial charge in [0.2, 0.25) is 0 Å². The Kier molecular flexibility index (Phi) is 11.9. The van der Waals surface area contributed by atoms with Crippen molar-refractivity contribution in [3.05, 3.63) is 125 Å². The van der Waals surface area contributed by atoms with Gasteiger partial charge < -0.3 is 24.6 Å². The van der Waals surface area contributed by atoms with E-state index in [9.17, 15) is 58.6 Å². The van der Waals surface area contributed by atoms with Gasteiger partial charge in [0.1, 0.15) is 23.1 Å². The lowest BCUT2D eigenvalue weighted by Gasteiger charge is -2.37. The fourth-order valence-corrected chi connectivity index (χ4v) is 6.43. The molecule has 2 N–H and O–H groups in total. The maximum Gasteiger partial charge on any atom is 0.573 e. The summed E-state index contributed by atoms with van der Waals surface area (Å²) in [7, 11) is 0. The zero-order chi connectivity index (χ0) is 40.2. The average molecular weight is 788 g/mol. The number of hydrogen-bond donors (Lipinski definition) is 2. The van der Waals surface area contributed by atoms with E-state index in [1.807, 2.05) is 0 Å². The molecule has 17 heteroatoms. The van der Waals surface area contributed by atoms with Crippen LogP contribution in [-0.4, -0.2) is 36.3 Å². The fraction of sp³-hybridized carbons (Fsp3) is 0.316. The smallest absolute Gasteiger partial charge is 0.493 e. The number of ether oxygens (including phenoxy) is 3. The molecule has 0 spiro atoms. The summed E-state index contributed by atoms with van der Waals surface area (Å²) in [4.78, 5) is 25.2. The molecule has 0 radical (unpaired) electrons. The molecular formula is C38H31F10NO6. The summed E-state index contributed by atoms with van der Waals surface area (Å²) in [5.41, 5.74) is -4.79. The second-order valence-electron chi connectivity index (χ2n) is 12.9. The van der Waals surface area contributed by atoms with Gasteiger partial charge in [-0.3, -0.25) is 9.59 Å². The van der Waals surface area contributed by atoms with E-state index in [1.165, 1.54) is 36.4 Å². The van der Waals surface area contributed by atoms with Crippen LogP contribution in [-0.2, 0) is 22.9 Å². The molecule has 1 aliphatic rings. The van der Waals surface area contributed by atoms with E-state index < -0.39 is 77.1 Å². The third-order valence-electron chi connectivity index (χ3n) is 9.06. The molecule has 0 unspecified atom stereocenters. The number of benzene rings is 4. The van der Waals surface area contributed by atoms with Crippen LogP contribution in [0.5, 0.6) is 17.2 Å². The molecule has 4 aromatic rings.